The first-order chi connectivity index (χ1) is 7.74. The largest absolute Gasteiger partial charge is 0.314 e. The first-order valence-corrected chi connectivity index (χ1v) is 6.63. The van der Waals surface area contributed by atoms with Crippen LogP contribution in [0.5, 0.6) is 0 Å². The lowest BCUT2D eigenvalue weighted by Gasteiger charge is -2.19. The molecule has 2 heteroatoms. The molecule has 0 aromatic carbocycles. The van der Waals surface area contributed by atoms with Crippen LogP contribution in [0.3, 0.4) is 0 Å². The number of rotatable bonds is 10. The van der Waals surface area contributed by atoms with Crippen LogP contribution >= 0.6 is 0 Å². The van der Waals surface area contributed by atoms with Gasteiger partial charge in [0.15, 0.2) is 0 Å². The van der Waals surface area contributed by atoms with Crippen molar-refractivity contribution in [2.24, 2.45) is 0 Å². The third-order valence-corrected chi connectivity index (χ3v) is 3.00. The molecule has 0 heterocycles. The molecule has 1 N–H and O–H groups in total. The van der Waals surface area contributed by atoms with E-state index < -0.39 is 0 Å². The molecule has 0 bridgehead atoms. The van der Waals surface area contributed by atoms with E-state index in [0.717, 1.165) is 19.4 Å². The molecule has 0 aliphatic heterocycles. The van der Waals surface area contributed by atoms with Crippen molar-refractivity contribution < 1.29 is 0 Å². The van der Waals surface area contributed by atoms with E-state index in [2.05, 4.69) is 36.9 Å². The number of nitrogens with zero attached hydrogens (tertiary/aromatic N) is 1. The molecule has 0 aromatic heterocycles. The van der Waals surface area contributed by atoms with Crippen molar-refractivity contribution in [3.63, 3.8) is 0 Å². The van der Waals surface area contributed by atoms with E-state index in [9.17, 15) is 0 Å². The summed E-state index contributed by atoms with van der Waals surface area (Å²) in [5.41, 5.74) is 0. The van der Waals surface area contributed by atoms with Gasteiger partial charge in [0.2, 0.25) is 0 Å². The Labute approximate surface area is 102 Å². The monoisotopic (exact) mass is 224 g/mol. The van der Waals surface area contributed by atoms with Crippen LogP contribution in [0.15, 0.2) is 0 Å². The zero-order chi connectivity index (χ0) is 12.2. The molecule has 1 unspecified atom stereocenters. The highest BCUT2D eigenvalue weighted by molar-refractivity contribution is 4.83. The lowest BCUT2D eigenvalue weighted by atomic mass is 10.1. The van der Waals surface area contributed by atoms with Gasteiger partial charge in [-0.2, -0.15) is 0 Å². The molecule has 2 nitrogen and oxygen atoms in total. The predicted molar refractivity (Wildman–Crippen MR) is 72.6 cm³/mol. The molecule has 0 amide bonds. The molecule has 0 rings (SSSR count). The van der Waals surface area contributed by atoms with Crippen molar-refractivity contribution in [3.8, 4) is 12.3 Å². The Morgan fingerprint density at radius 1 is 1.25 bits per heavy atom. The molecule has 0 aliphatic carbocycles. The standard InChI is InChI=1S/C14H28N2/c1-5-8-9-12-15-14(4)11-10-13-16(6-2)7-3/h1,14-15H,6-13H2,2-4H3. The van der Waals surface area contributed by atoms with Gasteiger partial charge in [0.1, 0.15) is 0 Å². The minimum atomic E-state index is 0.619. The second-order valence-corrected chi connectivity index (χ2v) is 4.33. The molecule has 0 spiro atoms. The second-order valence-electron chi connectivity index (χ2n) is 4.33. The minimum Gasteiger partial charge on any atom is -0.314 e. The quantitative estimate of drug-likeness (QED) is 0.453. The van der Waals surface area contributed by atoms with Crippen molar-refractivity contribution in [2.45, 2.75) is 52.5 Å². The summed E-state index contributed by atoms with van der Waals surface area (Å²) < 4.78 is 0. The summed E-state index contributed by atoms with van der Waals surface area (Å²) in [6.45, 7) is 11.3. The highest BCUT2D eigenvalue weighted by atomic mass is 15.1. The zero-order valence-electron chi connectivity index (χ0n) is 11.3. The predicted octanol–water partition coefficient (Wildman–Crippen LogP) is 2.50. The van der Waals surface area contributed by atoms with Crippen molar-refractivity contribution >= 4 is 0 Å². The molecule has 0 aromatic rings. The van der Waals surface area contributed by atoms with Crippen LogP contribution in [0.2, 0.25) is 0 Å². The van der Waals surface area contributed by atoms with Crippen LogP contribution in [-0.2, 0) is 0 Å². The summed E-state index contributed by atoms with van der Waals surface area (Å²) in [6, 6.07) is 0.619. The Kier molecular flexibility index (Phi) is 10.6. The summed E-state index contributed by atoms with van der Waals surface area (Å²) in [6.07, 6.45) is 9.73. The highest BCUT2D eigenvalue weighted by Crippen LogP contribution is 1.99. The minimum absolute atomic E-state index is 0.619. The first kappa shape index (κ1) is 15.5. The molecule has 0 saturated heterocycles. The van der Waals surface area contributed by atoms with Crippen LogP contribution in [-0.4, -0.2) is 37.1 Å². The maximum Gasteiger partial charge on any atom is 0.00981 e. The number of hydrogen-bond donors (Lipinski definition) is 1. The number of terminal acetylenes is 1. The SMILES string of the molecule is C#CCCCNC(C)CCCN(CC)CC. The number of unbranched alkanes of at least 4 members (excludes halogenated alkanes) is 1. The van der Waals surface area contributed by atoms with E-state index in [1.54, 1.807) is 0 Å². The fourth-order valence-electron chi connectivity index (χ4n) is 1.80. The third-order valence-electron chi connectivity index (χ3n) is 3.00. The Balaban J connectivity index is 3.36. The highest BCUT2D eigenvalue weighted by Gasteiger charge is 2.02. The Bertz CT molecular complexity index is 180. The third kappa shape index (κ3) is 8.76. The number of nitrogens with one attached hydrogen (secondary N) is 1. The molecule has 1 atom stereocenters. The van der Waals surface area contributed by atoms with Crippen LogP contribution in [0.25, 0.3) is 0 Å². The summed E-state index contributed by atoms with van der Waals surface area (Å²) in [5.74, 6) is 2.67. The van der Waals surface area contributed by atoms with E-state index in [0.29, 0.717) is 6.04 Å². The van der Waals surface area contributed by atoms with Crippen molar-refractivity contribution in [2.75, 3.05) is 26.2 Å². The Hall–Kier alpha value is -0.520. The topological polar surface area (TPSA) is 15.3 Å². The van der Waals surface area contributed by atoms with Gasteiger partial charge >= 0.3 is 0 Å². The van der Waals surface area contributed by atoms with E-state index >= 15 is 0 Å². The smallest absolute Gasteiger partial charge is 0.00981 e. The van der Waals surface area contributed by atoms with Crippen LogP contribution < -0.4 is 5.32 Å². The molecule has 0 saturated carbocycles. The zero-order valence-corrected chi connectivity index (χ0v) is 11.3. The molecule has 0 radical (unpaired) electrons. The Morgan fingerprint density at radius 3 is 2.50 bits per heavy atom. The average molecular weight is 224 g/mol. The fourth-order valence-corrected chi connectivity index (χ4v) is 1.80. The molecule has 16 heavy (non-hydrogen) atoms. The van der Waals surface area contributed by atoms with Gasteiger partial charge in [0.25, 0.3) is 0 Å². The van der Waals surface area contributed by atoms with Crippen LogP contribution in [0.1, 0.15) is 46.5 Å². The van der Waals surface area contributed by atoms with E-state index in [-0.39, 0.29) is 0 Å². The molecular weight excluding hydrogens is 196 g/mol. The fraction of sp³-hybridized carbons (Fsp3) is 0.857. The van der Waals surface area contributed by atoms with E-state index in [4.69, 9.17) is 6.42 Å². The van der Waals surface area contributed by atoms with Crippen molar-refractivity contribution in [1.82, 2.24) is 10.2 Å². The van der Waals surface area contributed by atoms with Gasteiger partial charge in [-0.1, -0.05) is 13.8 Å². The average Bonchev–Trinajstić information content (AvgIpc) is 2.30. The Morgan fingerprint density at radius 2 is 1.94 bits per heavy atom. The van der Waals surface area contributed by atoms with Crippen molar-refractivity contribution in [1.29, 1.82) is 0 Å². The summed E-state index contributed by atoms with van der Waals surface area (Å²) in [4.78, 5) is 2.48. The molecule has 94 valence electrons. The van der Waals surface area contributed by atoms with Crippen molar-refractivity contribution in [3.05, 3.63) is 0 Å². The van der Waals surface area contributed by atoms with Gasteiger partial charge < -0.3 is 10.2 Å². The number of hydrogen-bond acceptors (Lipinski definition) is 2. The summed E-state index contributed by atoms with van der Waals surface area (Å²) >= 11 is 0. The van der Waals surface area contributed by atoms with Gasteiger partial charge in [0, 0.05) is 12.5 Å². The van der Waals surface area contributed by atoms with Gasteiger partial charge in [-0.25, -0.2) is 0 Å². The maximum absolute atomic E-state index is 5.21. The lowest BCUT2D eigenvalue weighted by molar-refractivity contribution is 0.290. The van der Waals surface area contributed by atoms with Gasteiger partial charge in [-0.3, -0.25) is 0 Å². The van der Waals surface area contributed by atoms with Gasteiger partial charge in [-0.15, -0.1) is 12.3 Å². The normalized spacial score (nSPS) is 12.7. The van der Waals surface area contributed by atoms with Crippen LogP contribution in [0.4, 0.5) is 0 Å². The van der Waals surface area contributed by atoms with Gasteiger partial charge in [-0.05, 0) is 52.4 Å². The van der Waals surface area contributed by atoms with E-state index in [1.165, 1.54) is 32.5 Å². The summed E-state index contributed by atoms with van der Waals surface area (Å²) in [7, 11) is 0. The van der Waals surface area contributed by atoms with Gasteiger partial charge in [0.05, 0.1) is 0 Å². The maximum atomic E-state index is 5.21. The lowest BCUT2D eigenvalue weighted by Crippen LogP contribution is -2.29. The molecule has 0 aliphatic rings. The molecule has 0 fully saturated rings. The summed E-state index contributed by atoms with van der Waals surface area (Å²) in [5, 5.41) is 3.51. The second kappa shape index (κ2) is 11.0. The molecular formula is C14H28N2. The van der Waals surface area contributed by atoms with Crippen LogP contribution in [0, 0.1) is 12.3 Å². The first-order valence-electron chi connectivity index (χ1n) is 6.63. The van der Waals surface area contributed by atoms with E-state index in [1.807, 2.05) is 0 Å².